The lowest BCUT2D eigenvalue weighted by Crippen LogP contribution is -2.03. The molecule has 0 fully saturated rings. The van der Waals surface area contributed by atoms with Gasteiger partial charge in [-0.2, -0.15) is 5.26 Å². The summed E-state index contributed by atoms with van der Waals surface area (Å²) in [5.74, 6) is 0.266. The molecule has 3 nitrogen and oxygen atoms in total. The van der Waals surface area contributed by atoms with E-state index < -0.39 is 5.82 Å². The van der Waals surface area contributed by atoms with Crippen molar-refractivity contribution >= 4 is 38.6 Å². The van der Waals surface area contributed by atoms with Gasteiger partial charge in [-0.1, -0.05) is 6.07 Å². The third-order valence-electron chi connectivity index (χ3n) is 3.13. The summed E-state index contributed by atoms with van der Waals surface area (Å²) in [6.45, 7) is 0. The second-order valence-corrected chi connectivity index (χ2v) is 5.50. The van der Waals surface area contributed by atoms with Gasteiger partial charge < -0.3 is 0 Å². The first-order valence-electron chi connectivity index (χ1n) is 6.07. The van der Waals surface area contributed by atoms with Gasteiger partial charge in [-0.25, -0.2) is 9.37 Å². The SMILES string of the molecule is N#Cc1ccc2nc(CCl)n(-c3c(F)cccc3Br)c2c1. The summed E-state index contributed by atoms with van der Waals surface area (Å²) in [6, 6.07) is 11.9. The van der Waals surface area contributed by atoms with Crippen molar-refractivity contribution in [3.63, 3.8) is 0 Å². The first kappa shape index (κ1) is 14.1. The number of imidazole rings is 1. The summed E-state index contributed by atoms with van der Waals surface area (Å²) < 4.78 is 16.5. The van der Waals surface area contributed by atoms with Crippen molar-refractivity contribution in [1.29, 1.82) is 5.26 Å². The van der Waals surface area contributed by atoms with Gasteiger partial charge in [-0.3, -0.25) is 4.57 Å². The Balaban J connectivity index is 2.43. The molecule has 0 N–H and O–H groups in total. The molecule has 0 radical (unpaired) electrons. The van der Waals surface area contributed by atoms with Crippen molar-refractivity contribution in [2.75, 3.05) is 0 Å². The summed E-state index contributed by atoms with van der Waals surface area (Å²) in [7, 11) is 0. The lowest BCUT2D eigenvalue weighted by atomic mass is 10.2. The van der Waals surface area contributed by atoms with E-state index in [2.05, 4.69) is 27.0 Å². The Morgan fingerprint density at radius 2 is 2.14 bits per heavy atom. The van der Waals surface area contributed by atoms with Crippen LogP contribution in [-0.2, 0) is 5.88 Å². The van der Waals surface area contributed by atoms with Gasteiger partial charge in [0.15, 0.2) is 0 Å². The molecule has 0 bridgehead atoms. The largest absolute Gasteiger partial charge is 0.291 e. The van der Waals surface area contributed by atoms with Gasteiger partial charge in [0.05, 0.1) is 34.2 Å². The summed E-state index contributed by atoms with van der Waals surface area (Å²) in [4.78, 5) is 4.40. The fraction of sp³-hybridized carbons (Fsp3) is 0.0667. The molecular formula is C15H8BrClFN3. The molecule has 1 heterocycles. The first-order valence-corrected chi connectivity index (χ1v) is 7.40. The van der Waals surface area contributed by atoms with Gasteiger partial charge >= 0.3 is 0 Å². The maximum atomic E-state index is 14.3. The van der Waals surface area contributed by atoms with Crippen molar-refractivity contribution in [2.24, 2.45) is 0 Å². The Kier molecular flexibility index (Phi) is 3.66. The minimum atomic E-state index is -0.391. The molecule has 3 rings (SSSR count). The molecule has 1 aromatic heterocycles. The van der Waals surface area contributed by atoms with E-state index in [4.69, 9.17) is 16.9 Å². The lowest BCUT2D eigenvalue weighted by molar-refractivity contribution is 0.616. The van der Waals surface area contributed by atoms with Gasteiger partial charge in [-0.15, -0.1) is 11.6 Å². The van der Waals surface area contributed by atoms with Crippen molar-refractivity contribution < 1.29 is 4.39 Å². The number of benzene rings is 2. The van der Waals surface area contributed by atoms with Crippen molar-refractivity contribution in [3.05, 3.63) is 58.1 Å². The normalized spacial score (nSPS) is 10.8. The number of rotatable bonds is 2. The van der Waals surface area contributed by atoms with E-state index in [1.807, 2.05) is 0 Å². The molecule has 3 aromatic rings. The van der Waals surface area contributed by atoms with Crippen LogP contribution in [0.2, 0.25) is 0 Å². The molecule has 0 amide bonds. The van der Waals surface area contributed by atoms with E-state index in [0.717, 1.165) is 0 Å². The van der Waals surface area contributed by atoms with Crippen LogP contribution in [-0.4, -0.2) is 9.55 Å². The monoisotopic (exact) mass is 363 g/mol. The fourth-order valence-electron chi connectivity index (χ4n) is 2.24. The third-order valence-corrected chi connectivity index (χ3v) is 4.01. The quantitative estimate of drug-likeness (QED) is 0.627. The molecule has 0 aliphatic carbocycles. The van der Waals surface area contributed by atoms with Crippen LogP contribution >= 0.6 is 27.5 Å². The molecule has 0 saturated heterocycles. The topological polar surface area (TPSA) is 41.6 Å². The highest BCUT2D eigenvalue weighted by Gasteiger charge is 2.17. The highest BCUT2D eigenvalue weighted by Crippen LogP contribution is 2.30. The average molecular weight is 365 g/mol. The van der Waals surface area contributed by atoms with Crippen LogP contribution in [0.5, 0.6) is 0 Å². The highest BCUT2D eigenvalue weighted by molar-refractivity contribution is 9.10. The number of nitrogens with zero attached hydrogens (tertiary/aromatic N) is 3. The Morgan fingerprint density at radius 3 is 2.81 bits per heavy atom. The molecular weight excluding hydrogens is 357 g/mol. The molecule has 6 heteroatoms. The minimum Gasteiger partial charge on any atom is -0.291 e. The predicted octanol–water partition coefficient (Wildman–Crippen LogP) is 4.54. The Morgan fingerprint density at radius 1 is 1.33 bits per heavy atom. The second-order valence-electron chi connectivity index (χ2n) is 4.38. The van der Waals surface area contributed by atoms with E-state index in [-0.39, 0.29) is 5.88 Å². The molecule has 0 saturated carbocycles. The van der Waals surface area contributed by atoms with Crippen LogP contribution in [0.25, 0.3) is 16.7 Å². The lowest BCUT2D eigenvalue weighted by Gasteiger charge is -2.11. The molecule has 2 aromatic carbocycles. The zero-order valence-corrected chi connectivity index (χ0v) is 13.0. The molecule has 0 spiro atoms. The minimum absolute atomic E-state index is 0.136. The fourth-order valence-corrected chi connectivity index (χ4v) is 2.94. The molecule has 0 atom stereocenters. The summed E-state index contributed by atoms with van der Waals surface area (Å²) >= 11 is 9.30. The van der Waals surface area contributed by atoms with Gasteiger partial charge in [0, 0.05) is 4.47 Å². The van der Waals surface area contributed by atoms with Crippen LogP contribution in [0.1, 0.15) is 11.4 Å². The van der Waals surface area contributed by atoms with E-state index in [1.54, 1.807) is 34.9 Å². The Hall–Kier alpha value is -1.90. The van der Waals surface area contributed by atoms with Crippen LogP contribution < -0.4 is 0 Å². The van der Waals surface area contributed by atoms with E-state index in [9.17, 15) is 4.39 Å². The van der Waals surface area contributed by atoms with Crippen LogP contribution in [0.3, 0.4) is 0 Å². The van der Waals surface area contributed by atoms with E-state index in [1.165, 1.54) is 6.07 Å². The van der Waals surface area contributed by atoms with Crippen LogP contribution in [0.15, 0.2) is 40.9 Å². The zero-order chi connectivity index (χ0) is 15.0. The van der Waals surface area contributed by atoms with Gasteiger partial charge in [0.1, 0.15) is 11.6 Å². The summed E-state index contributed by atoms with van der Waals surface area (Å²) in [6.07, 6.45) is 0. The summed E-state index contributed by atoms with van der Waals surface area (Å²) in [5.41, 5.74) is 2.14. The van der Waals surface area contributed by atoms with Crippen LogP contribution in [0.4, 0.5) is 4.39 Å². The number of aromatic nitrogens is 2. The third kappa shape index (κ3) is 2.31. The standard InChI is InChI=1S/C15H8BrClFN3/c16-10-2-1-3-11(18)15(10)21-13-6-9(8-19)4-5-12(13)20-14(21)7-17/h1-6H,7H2. The predicted molar refractivity (Wildman–Crippen MR) is 83.0 cm³/mol. The number of halogens is 3. The van der Waals surface area contributed by atoms with Gasteiger partial charge in [0.25, 0.3) is 0 Å². The zero-order valence-electron chi connectivity index (χ0n) is 10.6. The first-order chi connectivity index (χ1) is 10.2. The van der Waals surface area contributed by atoms with E-state index >= 15 is 0 Å². The van der Waals surface area contributed by atoms with E-state index in [0.29, 0.717) is 32.6 Å². The van der Waals surface area contributed by atoms with Crippen LogP contribution in [0, 0.1) is 17.1 Å². The second kappa shape index (κ2) is 5.47. The number of hydrogen-bond acceptors (Lipinski definition) is 2. The number of fused-ring (bicyclic) bond motifs is 1. The molecule has 0 unspecified atom stereocenters. The van der Waals surface area contributed by atoms with Crippen molar-refractivity contribution in [3.8, 4) is 11.8 Å². The molecule has 0 aliphatic heterocycles. The molecule has 21 heavy (non-hydrogen) atoms. The number of nitriles is 1. The Labute approximate surface area is 133 Å². The highest BCUT2D eigenvalue weighted by atomic mass is 79.9. The smallest absolute Gasteiger partial charge is 0.148 e. The number of hydrogen-bond donors (Lipinski definition) is 0. The maximum absolute atomic E-state index is 14.3. The average Bonchev–Trinajstić information content (AvgIpc) is 2.85. The maximum Gasteiger partial charge on any atom is 0.148 e. The van der Waals surface area contributed by atoms with Crippen molar-refractivity contribution in [2.45, 2.75) is 5.88 Å². The van der Waals surface area contributed by atoms with Gasteiger partial charge in [0.2, 0.25) is 0 Å². The number of para-hydroxylation sites is 1. The molecule has 104 valence electrons. The molecule has 0 aliphatic rings. The van der Waals surface area contributed by atoms with Crippen molar-refractivity contribution in [1.82, 2.24) is 9.55 Å². The number of alkyl halides is 1. The Bertz CT molecular complexity index is 862. The van der Waals surface area contributed by atoms with Gasteiger partial charge in [-0.05, 0) is 46.3 Å². The summed E-state index contributed by atoms with van der Waals surface area (Å²) in [5, 5.41) is 9.04.